The predicted octanol–water partition coefficient (Wildman–Crippen LogP) is 2.16. The van der Waals surface area contributed by atoms with Crippen LogP contribution in [-0.4, -0.2) is 71.8 Å². The molecule has 1 aromatic carbocycles. The highest BCUT2D eigenvalue weighted by Gasteiger charge is 2.33. The molecule has 1 atom stereocenters. The zero-order chi connectivity index (χ0) is 18.6. The Kier molecular flexibility index (Phi) is 5.77. The van der Waals surface area contributed by atoms with Gasteiger partial charge in [-0.25, -0.2) is 0 Å². The Labute approximate surface area is 162 Å². The highest BCUT2D eigenvalue weighted by molar-refractivity contribution is 5.79. The minimum absolute atomic E-state index is 0.211. The molecule has 0 saturated carbocycles. The summed E-state index contributed by atoms with van der Waals surface area (Å²) in [7, 11) is 0. The summed E-state index contributed by atoms with van der Waals surface area (Å²) in [6.45, 7) is 5.65. The number of hydrogen-bond donors (Lipinski definition) is 0. The van der Waals surface area contributed by atoms with Crippen molar-refractivity contribution in [2.45, 2.75) is 44.6 Å². The van der Waals surface area contributed by atoms with E-state index < -0.39 is 0 Å². The molecule has 0 bridgehead atoms. The maximum Gasteiger partial charge on any atom is 0.226 e. The topological polar surface area (TPSA) is 43.9 Å². The second-order valence-electron chi connectivity index (χ2n) is 8.36. The van der Waals surface area contributed by atoms with Gasteiger partial charge >= 0.3 is 0 Å². The molecule has 3 heterocycles. The Bertz CT molecular complexity index is 655. The number of nitrogens with zero attached hydrogens (tertiary/aromatic N) is 3. The number of carbonyl (C=O) groups is 2. The molecule has 0 radical (unpaired) electrons. The highest BCUT2D eigenvalue weighted by Crippen LogP contribution is 2.25. The van der Waals surface area contributed by atoms with Crippen LogP contribution in [0.1, 0.15) is 37.7 Å². The fourth-order valence-corrected chi connectivity index (χ4v) is 4.86. The molecule has 0 aliphatic carbocycles. The van der Waals surface area contributed by atoms with Gasteiger partial charge in [-0.3, -0.25) is 14.5 Å². The first-order valence-corrected chi connectivity index (χ1v) is 10.5. The molecule has 27 heavy (non-hydrogen) atoms. The van der Waals surface area contributed by atoms with Crippen LogP contribution in [0.2, 0.25) is 0 Å². The predicted molar refractivity (Wildman–Crippen MR) is 105 cm³/mol. The van der Waals surface area contributed by atoms with Crippen molar-refractivity contribution in [3.63, 3.8) is 0 Å². The zero-order valence-electron chi connectivity index (χ0n) is 16.2. The summed E-state index contributed by atoms with van der Waals surface area (Å²) in [5, 5.41) is 0. The lowest BCUT2D eigenvalue weighted by Gasteiger charge is -2.38. The first kappa shape index (κ1) is 18.5. The average Bonchev–Trinajstić information content (AvgIpc) is 3.17. The van der Waals surface area contributed by atoms with Crippen LogP contribution in [0.3, 0.4) is 0 Å². The smallest absolute Gasteiger partial charge is 0.226 e. The number of fused-ring (bicyclic) bond motifs is 1. The summed E-state index contributed by atoms with van der Waals surface area (Å²) >= 11 is 0. The van der Waals surface area contributed by atoms with Crippen LogP contribution >= 0.6 is 0 Å². The maximum absolute atomic E-state index is 12.7. The Morgan fingerprint density at radius 1 is 0.852 bits per heavy atom. The van der Waals surface area contributed by atoms with Crippen molar-refractivity contribution >= 4 is 11.8 Å². The number of hydrogen-bond acceptors (Lipinski definition) is 3. The molecule has 3 saturated heterocycles. The minimum atomic E-state index is 0.211. The van der Waals surface area contributed by atoms with E-state index in [0.717, 1.165) is 51.1 Å². The molecule has 0 spiro atoms. The molecular formula is C22H31N3O2. The summed E-state index contributed by atoms with van der Waals surface area (Å²) in [5.74, 6) is 0.971. The summed E-state index contributed by atoms with van der Waals surface area (Å²) in [5.41, 5.74) is 1.07. The molecule has 4 rings (SSSR count). The van der Waals surface area contributed by atoms with Crippen molar-refractivity contribution in [3.05, 3.63) is 35.9 Å². The molecule has 3 aliphatic rings. The summed E-state index contributed by atoms with van der Waals surface area (Å²) < 4.78 is 0. The van der Waals surface area contributed by atoms with Crippen LogP contribution in [0.4, 0.5) is 0 Å². The van der Waals surface area contributed by atoms with Gasteiger partial charge in [0.1, 0.15) is 0 Å². The number of rotatable bonds is 4. The molecule has 0 aromatic heterocycles. The van der Waals surface area contributed by atoms with Crippen LogP contribution in [-0.2, 0) is 16.0 Å². The largest absolute Gasteiger partial charge is 0.342 e. The van der Waals surface area contributed by atoms with E-state index in [4.69, 9.17) is 0 Å². The fraction of sp³-hybridized carbons (Fsp3) is 0.636. The quantitative estimate of drug-likeness (QED) is 0.817. The second kappa shape index (κ2) is 8.42. The van der Waals surface area contributed by atoms with Gasteiger partial charge in [-0.1, -0.05) is 30.3 Å². The SMILES string of the molecule is O=C(Cc1ccccc1)N1CCC(CC(=O)N2CCN3CCC[C@H]3C2)CC1. The van der Waals surface area contributed by atoms with E-state index in [2.05, 4.69) is 9.80 Å². The Hall–Kier alpha value is -1.88. The van der Waals surface area contributed by atoms with Gasteiger partial charge in [-0.15, -0.1) is 0 Å². The van der Waals surface area contributed by atoms with E-state index in [0.29, 0.717) is 30.7 Å². The van der Waals surface area contributed by atoms with E-state index in [1.165, 1.54) is 19.4 Å². The van der Waals surface area contributed by atoms with E-state index in [1.807, 2.05) is 35.2 Å². The van der Waals surface area contributed by atoms with Gasteiger partial charge in [0, 0.05) is 45.2 Å². The minimum Gasteiger partial charge on any atom is -0.342 e. The normalized spacial score (nSPS) is 24.1. The molecule has 0 unspecified atom stereocenters. The third-order valence-corrected chi connectivity index (χ3v) is 6.57. The van der Waals surface area contributed by atoms with E-state index in [-0.39, 0.29) is 5.91 Å². The summed E-state index contributed by atoms with van der Waals surface area (Å²) in [6, 6.07) is 10.5. The summed E-state index contributed by atoms with van der Waals surface area (Å²) in [6.07, 6.45) is 5.57. The van der Waals surface area contributed by atoms with Gasteiger partial charge in [-0.05, 0) is 43.7 Å². The lowest BCUT2D eigenvalue weighted by molar-refractivity contribution is -0.135. The van der Waals surface area contributed by atoms with Crippen molar-refractivity contribution < 1.29 is 9.59 Å². The highest BCUT2D eigenvalue weighted by atomic mass is 16.2. The van der Waals surface area contributed by atoms with Crippen LogP contribution in [0.15, 0.2) is 30.3 Å². The average molecular weight is 370 g/mol. The zero-order valence-corrected chi connectivity index (χ0v) is 16.2. The van der Waals surface area contributed by atoms with Crippen molar-refractivity contribution in [1.29, 1.82) is 0 Å². The molecule has 0 N–H and O–H groups in total. The number of carbonyl (C=O) groups excluding carboxylic acids is 2. The first-order valence-electron chi connectivity index (χ1n) is 10.5. The number of benzene rings is 1. The summed E-state index contributed by atoms with van der Waals surface area (Å²) in [4.78, 5) is 31.9. The van der Waals surface area contributed by atoms with Crippen molar-refractivity contribution in [1.82, 2.24) is 14.7 Å². The van der Waals surface area contributed by atoms with Crippen molar-refractivity contribution in [3.8, 4) is 0 Å². The monoisotopic (exact) mass is 369 g/mol. The lowest BCUT2D eigenvalue weighted by atomic mass is 9.92. The Morgan fingerprint density at radius 3 is 2.41 bits per heavy atom. The van der Waals surface area contributed by atoms with E-state index in [1.54, 1.807) is 0 Å². The first-order chi connectivity index (χ1) is 13.2. The van der Waals surface area contributed by atoms with Gasteiger partial charge in [0.2, 0.25) is 11.8 Å². The van der Waals surface area contributed by atoms with Gasteiger partial charge in [0.25, 0.3) is 0 Å². The third kappa shape index (κ3) is 4.52. The van der Waals surface area contributed by atoms with E-state index >= 15 is 0 Å². The molecule has 2 amide bonds. The van der Waals surface area contributed by atoms with Crippen LogP contribution in [0, 0.1) is 5.92 Å². The molecule has 3 aliphatic heterocycles. The molecule has 146 valence electrons. The molecule has 3 fully saturated rings. The Morgan fingerprint density at radius 2 is 1.63 bits per heavy atom. The van der Waals surface area contributed by atoms with Gasteiger partial charge in [0.05, 0.1) is 6.42 Å². The third-order valence-electron chi connectivity index (χ3n) is 6.57. The number of piperazine rings is 1. The van der Waals surface area contributed by atoms with Gasteiger partial charge in [0.15, 0.2) is 0 Å². The molecule has 1 aromatic rings. The second-order valence-corrected chi connectivity index (χ2v) is 8.36. The fourth-order valence-electron chi connectivity index (χ4n) is 4.86. The standard InChI is InChI=1S/C22H31N3O2/c26-21(15-18-5-2-1-3-6-18)24-11-8-19(9-12-24)16-22(27)25-14-13-23-10-4-7-20(23)17-25/h1-3,5-6,19-20H,4,7-17H2/t20-/m0/s1. The van der Waals surface area contributed by atoms with Crippen molar-refractivity contribution in [2.24, 2.45) is 5.92 Å². The van der Waals surface area contributed by atoms with Gasteiger partial charge < -0.3 is 9.80 Å². The molecule has 5 heteroatoms. The van der Waals surface area contributed by atoms with Crippen LogP contribution < -0.4 is 0 Å². The number of piperidine rings is 1. The van der Waals surface area contributed by atoms with Crippen LogP contribution in [0.5, 0.6) is 0 Å². The lowest BCUT2D eigenvalue weighted by Crippen LogP contribution is -2.52. The maximum atomic E-state index is 12.7. The van der Waals surface area contributed by atoms with E-state index in [9.17, 15) is 9.59 Å². The van der Waals surface area contributed by atoms with Gasteiger partial charge in [-0.2, -0.15) is 0 Å². The number of amides is 2. The molecule has 5 nitrogen and oxygen atoms in total. The Balaban J connectivity index is 1.21. The molecular weight excluding hydrogens is 338 g/mol. The number of likely N-dealkylation sites (tertiary alicyclic amines) is 1. The van der Waals surface area contributed by atoms with Crippen LogP contribution in [0.25, 0.3) is 0 Å². The van der Waals surface area contributed by atoms with Crippen molar-refractivity contribution in [2.75, 3.05) is 39.3 Å².